The Labute approximate surface area is 144 Å². The summed E-state index contributed by atoms with van der Waals surface area (Å²) in [5.41, 5.74) is 2.88. The van der Waals surface area contributed by atoms with E-state index in [0.29, 0.717) is 11.5 Å². The van der Waals surface area contributed by atoms with Crippen molar-refractivity contribution < 1.29 is 19.1 Å². The van der Waals surface area contributed by atoms with Crippen LogP contribution in [0.25, 0.3) is 6.08 Å². The van der Waals surface area contributed by atoms with Gasteiger partial charge >= 0.3 is 6.03 Å². The third kappa shape index (κ3) is 2.82. The Morgan fingerprint density at radius 3 is 2.60 bits per heavy atom. The molecule has 1 N–H and O–H groups in total. The van der Waals surface area contributed by atoms with Gasteiger partial charge in [-0.1, -0.05) is 30.3 Å². The summed E-state index contributed by atoms with van der Waals surface area (Å²) in [5.74, 6) is 0.980. The monoisotopic (exact) mass is 336 g/mol. The Morgan fingerprint density at radius 2 is 1.84 bits per heavy atom. The molecule has 2 aliphatic heterocycles. The van der Waals surface area contributed by atoms with Crippen molar-refractivity contribution in [2.24, 2.45) is 0 Å². The molecule has 0 aromatic heterocycles. The lowest BCUT2D eigenvalue weighted by Crippen LogP contribution is -2.30. The highest BCUT2D eigenvalue weighted by atomic mass is 16.7. The van der Waals surface area contributed by atoms with Gasteiger partial charge in [-0.15, -0.1) is 0 Å². The van der Waals surface area contributed by atoms with Crippen molar-refractivity contribution >= 4 is 18.0 Å². The Morgan fingerprint density at radius 1 is 1.12 bits per heavy atom. The van der Waals surface area contributed by atoms with Gasteiger partial charge in [0.25, 0.3) is 5.91 Å². The van der Waals surface area contributed by atoms with Crippen molar-refractivity contribution in [3.63, 3.8) is 0 Å². The SMILES string of the molecule is Cc1cc2c(cc1/C=C1/NC(=O)N(Cc3ccccc3)C1=O)OCO2. The van der Waals surface area contributed by atoms with E-state index in [1.54, 1.807) is 6.08 Å². The van der Waals surface area contributed by atoms with Gasteiger partial charge in [0.2, 0.25) is 6.79 Å². The first kappa shape index (κ1) is 15.3. The number of hydrogen-bond acceptors (Lipinski definition) is 4. The summed E-state index contributed by atoms with van der Waals surface area (Å²) in [4.78, 5) is 26.0. The van der Waals surface area contributed by atoms with Crippen LogP contribution in [0.1, 0.15) is 16.7 Å². The highest BCUT2D eigenvalue weighted by molar-refractivity contribution is 6.14. The predicted octanol–water partition coefficient (Wildman–Crippen LogP) is 2.82. The molecule has 0 saturated carbocycles. The van der Waals surface area contributed by atoms with Gasteiger partial charge in [0.1, 0.15) is 5.70 Å². The highest BCUT2D eigenvalue weighted by Crippen LogP contribution is 2.35. The van der Waals surface area contributed by atoms with Crippen LogP contribution >= 0.6 is 0 Å². The van der Waals surface area contributed by atoms with Gasteiger partial charge in [-0.05, 0) is 41.8 Å². The van der Waals surface area contributed by atoms with Crippen LogP contribution in [0.15, 0.2) is 48.2 Å². The van der Waals surface area contributed by atoms with E-state index in [9.17, 15) is 9.59 Å². The second-order valence-corrected chi connectivity index (χ2v) is 5.93. The number of carbonyl (C=O) groups is 2. The van der Waals surface area contributed by atoms with E-state index >= 15 is 0 Å². The Hall–Kier alpha value is -3.28. The molecule has 6 heteroatoms. The van der Waals surface area contributed by atoms with Crippen molar-refractivity contribution in [3.8, 4) is 11.5 Å². The van der Waals surface area contributed by atoms with E-state index in [0.717, 1.165) is 16.7 Å². The molecule has 2 aliphatic rings. The summed E-state index contributed by atoms with van der Waals surface area (Å²) in [6, 6.07) is 12.7. The average molecular weight is 336 g/mol. The van der Waals surface area contributed by atoms with Gasteiger partial charge in [-0.2, -0.15) is 0 Å². The van der Waals surface area contributed by atoms with Crippen LogP contribution < -0.4 is 14.8 Å². The summed E-state index contributed by atoms with van der Waals surface area (Å²) in [6.07, 6.45) is 1.67. The summed E-state index contributed by atoms with van der Waals surface area (Å²) in [6.45, 7) is 2.34. The van der Waals surface area contributed by atoms with Gasteiger partial charge < -0.3 is 14.8 Å². The van der Waals surface area contributed by atoms with E-state index < -0.39 is 6.03 Å². The standard InChI is InChI=1S/C19H16N2O4/c1-12-7-16-17(25-11-24-16)9-14(12)8-15-18(22)21(19(23)20-15)10-13-5-3-2-4-6-13/h2-9H,10-11H2,1H3,(H,20,23)/b15-8+. The molecule has 2 aromatic rings. The fourth-order valence-corrected chi connectivity index (χ4v) is 2.85. The van der Waals surface area contributed by atoms with Crippen LogP contribution in [0.5, 0.6) is 11.5 Å². The quantitative estimate of drug-likeness (QED) is 0.691. The molecule has 2 heterocycles. The number of hydrogen-bond donors (Lipinski definition) is 1. The number of urea groups is 1. The van der Waals surface area contributed by atoms with E-state index in [1.165, 1.54) is 4.90 Å². The molecule has 126 valence electrons. The second-order valence-electron chi connectivity index (χ2n) is 5.93. The van der Waals surface area contributed by atoms with E-state index in [4.69, 9.17) is 9.47 Å². The van der Waals surface area contributed by atoms with Gasteiger partial charge in [0.05, 0.1) is 6.54 Å². The molecule has 2 aromatic carbocycles. The summed E-state index contributed by atoms with van der Waals surface area (Å²) in [7, 11) is 0. The van der Waals surface area contributed by atoms with E-state index in [2.05, 4.69) is 5.32 Å². The molecule has 1 fully saturated rings. The molecule has 0 atom stereocenters. The van der Waals surface area contributed by atoms with Crippen LogP contribution in [0, 0.1) is 6.92 Å². The third-order valence-corrected chi connectivity index (χ3v) is 4.21. The summed E-state index contributed by atoms with van der Waals surface area (Å²) in [5, 5.41) is 2.64. The maximum atomic E-state index is 12.6. The number of benzene rings is 2. The number of amides is 3. The van der Waals surface area contributed by atoms with Crippen LogP contribution in [0.2, 0.25) is 0 Å². The minimum absolute atomic E-state index is 0.190. The second kappa shape index (κ2) is 5.98. The fourth-order valence-electron chi connectivity index (χ4n) is 2.85. The van der Waals surface area contributed by atoms with Crippen molar-refractivity contribution in [1.29, 1.82) is 0 Å². The smallest absolute Gasteiger partial charge is 0.329 e. The third-order valence-electron chi connectivity index (χ3n) is 4.21. The van der Waals surface area contributed by atoms with Crippen LogP contribution in [-0.4, -0.2) is 23.6 Å². The van der Waals surface area contributed by atoms with E-state index in [1.807, 2.05) is 49.4 Å². The number of rotatable bonds is 3. The Balaban J connectivity index is 1.60. The zero-order valence-corrected chi connectivity index (χ0v) is 13.6. The first-order chi connectivity index (χ1) is 12.1. The Kier molecular flexibility index (Phi) is 3.65. The lowest BCUT2D eigenvalue weighted by molar-refractivity contribution is -0.123. The maximum Gasteiger partial charge on any atom is 0.329 e. The number of nitrogens with one attached hydrogen (secondary N) is 1. The predicted molar refractivity (Wildman–Crippen MR) is 90.8 cm³/mol. The fraction of sp³-hybridized carbons (Fsp3) is 0.158. The number of imide groups is 1. The van der Waals surface area contributed by atoms with E-state index in [-0.39, 0.29) is 24.9 Å². The highest BCUT2D eigenvalue weighted by Gasteiger charge is 2.33. The molecule has 6 nitrogen and oxygen atoms in total. The number of ether oxygens (including phenoxy) is 2. The van der Waals surface area contributed by atoms with Crippen molar-refractivity contribution in [3.05, 3.63) is 64.9 Å². The molecule has 0 aliphatic carbocycles. The number of fused-ring (bicyclic) bond motifs is 1. The normalized spacial score (nSPS) is 17.3. The van der Waals surface area contributed by atoms with Crippen molar-refractivity contribution in [2.45, 2.75) is 13.5 Å². The first-order valence-electron chi connectivity index (χ1n) is 7.90. The van der Waals surface area contributed by atoms with Gasteiger partial charge in [-0.3, -0.25) is 9.69 Å². The van der Waals surface area contributed by atoms with Gasteiger partial charge in [-0.25, -0.2) is 4.79 Å². The van der Waals surface area contributed by atoms with Gasteiger partial charge in [0, 0.05) is 0 Å². The average Bonchev–Trinajstić information content (AvgIpc) is 3.16. The molecule has 1 saturated heterocycles. The molecular weight excluding hydrogens is 320 g/mol. The Bertz CT molecular complexity index is 890. The first-order valence-corrected chi connectivity index (χ1v) is 7.90. The number of aryl methyl sites for hydroxylation is 1. The topological polar surface area (TPSA) is 67.9 Å². The molecular formula is C19H16N2O4. The minimum atomic E-state index is -0.418. The molecule has 3 amide bonds. The molecule has 0 radical (unpaired) electrons. The molecule has 0 spiro atoms. The van der Waals surface area contributed by atoms with Crippen LogP contribution in [0.3, 0.4) is 0 Å². The van der Waals surface area contributed by atoms with Crippen molar-refractivity contribution in [2.75, 3.05) is 6.79 Å². The molecule has 25 heavy (non-hydrogen) atoms. The van der Waals surface area contributed by atoms with Crippen LogP contribution in [0.4, 0.5) is 4.79 Å². The van der Waals surface area contributed by atoms with Gasteiger partial charge in [0.15, 0.2) is 11.5 Å². The molecule has 0 bridgehead atoms. The largest absolute Gasteiger partial charge is 0.454 e. The zero-order chi connectivity index (χ0) is 17.4. The lowest BCUT2D eigenvalue weighted by Gasteiger charge is -2.11. The molecule has 0 unspecified atom stereocenters. The minimum Gasteiger partial charge on any atom is -0.454 e. The summed E-state index contributed by atoms with van der Waals surface area (Å²) < 4.78 is 10.7. The molecule has 4 rings (SSSR count). The van der Waals surface area contributed by atoms with Crippen LogP contribution in [-0.2, 0) is 11.3 Å². The van der Waals surface area contributed by atoms with Crippen molar-refractivity contribution in [1.82, 2.24) is 10.2 Å². The lowest BCUT2D eigenvalue weighted by atomic mass is 10.1. The zero-order valence-electron chi connectivity index (χ0n) is 13.6. The number of nitrogens with zero attached hydrogens (tertiary/aromatic N) is 1. The summed E-state index contributed by atoms with van der Waals surface area (Å²) >= 11 is 0. The maximum absolute atomic E-state index is 12.6. The number of carbonyl (C=O) groups excluding carboxylic acids is 2.